The summed E-state index contributed by atoms with van der Waals surface area (Å²) in [5.74, 6) is 1.61. The summed E-state index contributed by atoms with van der Waals surface area (Å²) in [7, 11) is 1.66. The predicted octanol–water partition coefficient (Wildman–Crippen LogP) is 4.81. The Morgan fingerprint density at radius 3 is 2.40 bits per heavy atom. The second-order valence-corrected chi connectivity index (χ2v) is 6.86. The highest BCUT2D eigenvalue weighted by Gasteiger charge is 2.02. The standard InChI is InChI=1S/C24H27N3O3/c1-29-22-11-7-19(8-12-22)5-2-3-16-26-24(28)27-21-9-13-23(14-10-21)30-18-20-6-4-15-25-17-20/h4,6-15,17H,2-3,5,16,18H2,1H3,(H2,26,27,28). The first-order chi connectivity index (χ1) is 14.7. The van der Waals surface area contributed by atoms with E-state index in [9.17, 15) is 4.79 Å². The van der Waals surface area contributed by atoms with Crippen LogP contribution in [-0.4, -0.2) is 24.7 Å². The Morgan fingerprint density at radius 2 is 1.70 bits per heavy atom. The molecule has 0 saturated heterocycles. The minimum atomic E-state index is -0.205. The van der Waals surface area contributed by atoms with Crippen LogP contribution in [0, 0.1) is 0 Å². The van der Waals surface area contributed by atoms with Crippen LogP contribution in [0.15, 0.2) is 73.1 Å². The predicted molar refractivity (Wildman–Crippen MR) is 118 cm³/mol. The fourth-order valence-corrected chi connectivity index (χ4v) is 2.91. The van der Waals surface area contributed by atoms with Crippen molar-refractivity contribution < 1.29 is 14.3 Å². The normalized spacial score (nSPS) is 10.3. The number of pyridine rings is 1. The molecule has 2 N–H and O–H groups in total. The number of urea groups is 1. The number of rotatable bonds is 10. The molecule has 1 heterocycles. The molecule has 3 aromatic rings. The van der Waals surface area contributed by atoms with Gasteiger partial charge in [0.25, 0.3) is 0 Å². The van der Waals surface area contributed by atoms with Gasteiger partial charge in [-0.1, -0.05) is 18.2 Å². The molecule has 0 spiro atoms. The molecule has 0 aliphatic rings. The van der Waals surface area contributed by atoms with Crippen molar-refractivity contribution in [2.24, 2.45) is 0 Å². The van der Waals surface area contributed by atoms with Crippen LogP contribution in [0.4, 0.5) is 10.5 Å². The third-order valence-electron chi connectivity index (χ3n) is 4.58. The lowest BCUT2D eigenvalue weighted by molar-refractivity contribution is 0.252. The van der Waals surface area contributed by atoms with Crippen LogP contribution in [-0.2, 0) is 13.0 Å². The van der Waals surface area contributed by atoms with Gasteiger partial charge in [0.2, 0.25) is 0 Å². The molecule has 0 unspecified atom stereocenters. The first kappa shape index (κ1) is 21.2. The van der Waals surface area contributed by atoms with Gasteiger partial charge in [-0.2, -0.15) is 0 Å². The van der Waals surface area contributed by atoms with Gasteiger partial charge in [-0.05, 0) is 67.3 Å². The van der Waals surface area contributed by atoms with Gasteiger partial charge in [0, 0.05) is 30.2 Å². The lowest BCUT2D eigenvalue weighted by atomic mass is 10.1. The molecular formula is C24H27N3O3. The summed E-state index contributed by atoms with van der Waals surface area (Å²) >= 11 is 0. The van der Waals surface area contributed by atoms with Crippen molar-refractivity contribution >= 4 is 11.7 Å². The Kier molecular flexibility index (Phi) is 8.09. The van der Waals surface area contributed by atoms with Gasteiger partial charge in [0.1, 0.15) is 18.1 Å². The van der Waals surface area contributed by atoms with E-state index in [-0.39, 0.29) is 6.03 Å². The quantitative estimate of drug-likeness (QED) is 0.475. The lowest BCUT2D eigenvalue weighted by Gasteiger charge is -2.09. The van der Waals surface area contributed by atoms with Crippen LogP contribution >= 0.6 is 0 Å². The molecular weight excluding hydrogens is 378 g/mol. The highest BCUT2D eigenvalue weighted by Crippen LogP contribution is 2.17. The number of aromatic nitrogens is 1. The van der Waals surface area contributed by atoms with Gasteiger partial charge in [0.15, 0.2) is 0 Å². The fraction of sp³-hybridized carbons (Fsp3) is 0.250. The van der Waals surface area contributed by atoms with E-state index in [1.165, 1.54) is 5.56 Å². The molecule has 2 amide bonds. The van der Waals surface area contributed by atoms with Crippen molar-refractivity contribution in [3.05, 3.63) is 84.2 Å². The van der Waals surface area contributed by atoms with E-state index in [1.54, 1.807) is 19.5 Å². The van der Waals surface area contributed by atoms with Crippen molar-refractivity contribution in [2.45, 2.75) is 25.9 Å². The second-order valence-electron chi connectivity index (χ2n) is 6.86. The molecule has 2 aromatic carbocycles. The summed E-state index contributed by atoms with van der Waals surface area (Å²) < 4.78 is 10.9. The molecule has 0 saturated carbocycles. The van der Waals surface area contributed by atoms with Gasteiger partial charge in [0.05, 0.1) is 7.11 Å². The number of benzene rings is 2. The van der Waals surface area contributed by atoms with Crippen molar-refractivity contribution in [1.29, 1.82) is 0 Å². The van der Waals surface area contributed by atoms with E-state index in [1.807, 2.05) is 48.5 Å². The molecule has 0 fully saturated rings. The van der Waals surface area contributed by atoms with Crippen LogP contribution in [0.5, 0.6) is 11.5 Å². The number of amides is 2. The molecule has 0 aliphatic heterocycles. The highest BCUT2D eigenvalue weighted by molar-refractivity contribution is 5.89. The summed E-state index contributed by atoms with van der Waals surface area (Å²) in [4.78, 5) is 16.1. The van der Waals surface area contributed by atoms with E-state index < -0.39 is 0 Å². The van der Waals surface area contributed by atoms with Crippen LogP contribution in [0.3, 0.4) is 0 Å². The van der Waals surface area contributed by atoms with Gasteiger partial charge < -0.3 is 20.1 Å². The molecule has 3 rings (SSSR count). The first-order valence-corrected chi connectivity index (χ1v) is 10.0. The largest absolute Gasteiger partial charge is 0.497 e. The van der Waals surface area contributed by atoms with Crippen LogP contribution in [0.2, 0.25) is 0 Å². The maximum absolute atomic E-state index is 12.0. The van der Waals surface area contributed by atoms with Crippen molar-refractivity contribution in [3.63, 3.8) is 0 Å². The van der Waals surface area contributed by atoms with E-state index in [4.69, 9.17) is 9.47 Å². The van der Waals surface area contributed by atoms with Crippen LogP contribution in [0.25, 0.3) is 0 Å². The number of anilines is 1. The topological polar surface area (TPSA) is 72.5 Å². The summed E-state index contributed by atoms with van der Waals surface area (Å²) in [5.41, 5.74) is 3.00. The third-order valence-corrected chi connectivity index (χ3v) is 4.58. The van der Waals surface area contributed by atoms with Crippen molar-refractivity contribution in [3.8, 4) is 11.5 Å². The molecule has 6 nitrogen and oxygen atoms in total. The number of hydrogen-bond donors (Lipinski definition) is 2. The molecule has 1 aromatic heterocycles. The molecule has 156 valence electrons. The van der Waals surface area contributed by atoms with Crippen molar-refractivity contribution in [1.82, 2.24) is 10.3 Å². The summed E-state index contributed by atoms with van der Waals surface area (Å²) in [6, 6.07) is 19.0. The Labute approximate surface area is 177 Å². The number of aryl methyl sites for hydroxylation is 1. The lowest BCUT2D eigenvalue weighted by Crippen LogP contribution is -2.29. The SMILES string of the molecule is COc1ccc(CCCCNC(=O)Nc2ccc(OCc3cccnc3)cc2)cc1. The molecule has 30 heavy (non-hydrogen) atoms. The average molecular weight is 405 g/mol. The zero-order valence-corrected chi connectivity index (χ0v) is 17.1. The number of unbranched alkanes of at least 4 members (excludes halogenated alkanes) is 1. The Balaban J connectivity index is 1.31. The maximum atomic E-state index is 12.0. The summed E-state index contributed by atoms with van der Waals surface area (Å²) in [5, 5.41) is 5.72. The van der Waals surface area contributed by atoms with Crippen LogP contribution in [0.1, 0.15) is 24.0 Å². The minimum absolute atomic E-state index is 0.205. The van der Waals surface area contributed by atoms with Crippen molar-refractivity contribution in [2.75, 3.05) is 19.0 Å². The maximum Gasteiger partial charge on any atom is 0.319 e. The monoisotopic (exact) mass is 405 g/mol. The molecule has 0 aliphatic carbocycles. The average Bonchev–Trinajstić information content (AvgIpc) is 2.79. The van der Waals surface area contributed by atoms with Gasteiger partial charge in [-0.25, -0.2) is 4.79 Å². The number of methoxy groups -OCH3 is 1. The minimum Gasteiger partial charge on any atom is -0.497 e. The number of ether oxygens (including phenoxy) is 2. The number of nitrogens with zero attached hydrogens (tertiary/aromatic N) is 1. The fourth-order valence-electron chi connectivity index (χ4n) is 2.91. The second kappa shape index (κ2) is 11.5. The summed E-state index contributed by atoms with van der Waals surface area (Å²) in [6.07, 6.45) is 6.41. The third kappa shape index (κ3) is 7.13. The van der Waals surface area contributed by atoms with E-state index in [2.05, 4.69) is 27.8 Å². The molecule has 6 heteroatoms. The van der Waals surface area contributed by atoms with Crippen LogP contribution < -0.4 is 20.1 Å². The zero-order chi connectivity index (χ0) is 21.0. The Morgan fingerprint density at radius 1 is 0.933 bits per heavy atom. The number of carbonyl (C=O) groups excluding carboxylic acids is 1. The Hall–Kier alpha value is -3.54. The molecule has 0 bridgehead atoms. The smallest absolute Gasteiger partial charge is 0.319 e. The zero-order valence-electron chi connectivity index (χ0n) is 17.1. The number of nitrogens with one attached hydrogen (secondary N) is 2. The highest BCUT2D eigenvalue weighted by atomic mass is 16.5. The van der Waals surface area contributed by atoms with Gasteiger partial charge in [-0.3, -0.25) is 4.98 Å². The first-order valence-electron chi connectivity index (χ1n) is 10.0. The molecule has 0 radical (unpaired) electrons. The number of hydrogen-bond acceptors (Lipinski definition) is 4. The van der Waals surface area contributed by atoms with Gasteiger partial charge in [-0.15, -0.1) is 0 Å². The molecule has 0 atom stereocenters. The van der Waals surface area contributed by atoms with Gasteiger partial charge >= 0.3 is 6.03 Å². The van der Waals surface area contributed by atoms with E-state index in [0.717, 1.165) is 42.0 Å². The summed E-state index contributed by atoms with van der Waals surface area (Å²) in [6.45, 7) is 1.09. The van der Waals surface area contributed by atoms with E-state index in [0.29, 0.717) is 13.2 Å². The number of carbonyl (C=O) groups is 1. The van der Waals surface area contributed by atoms with E-state index >= 15 is 0 Å². The Bertz CT molecular complexity index is 897.